The van der Waals surface area contributed by atoms with E-state index >= 15 is 0 Å². The summed E-state index contributed by atoms with van der Waals surface area (Å²) in [6, 6.07) is 9.25. The lowest BCUT2D eigenvalue weighted by Crippen LogP contribution is -2.46. The topological polar surface area (TPSA) is 89.1 Å². The van der Waals surface area contributed by atoms with Gasteiger partial charge in [0.1, 0.15) is 5.57 Å². The van der Waals surface area contributed by atoms with E-state index in [1.54, 1.807) is 11.6 Å². The lowest BCUT2D eigenvalue weighted by Gasteiger charge is -2.25. The number of benzene rings is 1. The van der Waals surface area contributed by atoms with Crippen LogP contribution in [0.4, 0.5) is 11.9 Å². The van der Waals surface area contributed by atoms with Crippen molar-refractivity contribution < 1.29 is 18.9 Å². The molecular weight excluding hydrogens is 334 g/mol. The molecule has 0 radical (unpaired) electrons. The van der Waals surface area contributed by atoms with Crippen molar-refractivity contribution in [3.05, 3.63) is 47.2 Å². The maximum atomic E-state index is 12.7. The van der Waals surface area contributed by atoms with Crippen LogP contribution < -0.4 is 15.2 Å². The highest BCUT2D eigenvalue weighted by Gasteiger charge is 2.42. The molecule has 1 unspecified atom stereocenters. The number of aromatic nitrogens is 3. The molecule has 2 N–H and O–H groups in total. The van der Waals surface area contributed by atoms with Gasteiger partial charge >= 0.3 is 17.9 Å². The minimum atomic E-state index is -0.429. The second-order valence-corrected chi connectivity index (χ2v) is 6.24. The molecule has 1 amide bonds. The number of anilines is 2. The molecule has 8 heteroatoms. The Morgan fingerprint density at radius 2 is 2.12 bits per heavy atom. The van der Waals surface area contributed by atoms with Crippen LogP contribution in [0.5, 0.6) is 0 Å². The van der Waals surface area contributed by atoms with Crippen molar-refractivity contribution >= 4 is 23.8 Å². The minimum Gasteiger partial charge on any atom is -0.462 e. The Morgan fingerprint density at radius 1 is 1.35 bits per heavy atom. The van der Waals surface area contributed by atoms with Crippen LogP contribution in [0.2, 0.25) is 0 Å². The van der Waals surface area contributed by atoms with E-state index in [4.69, 9.17) is 4.74 Å². The van der Waals surface area contributed by atoms with Crippen LogP contribution in [0.1, 0.15) is 31.9 Å². The van der Waals surface area contributed by atoms with Gasteiger partial charge < -0.3 is 4.74 Å². The number of nitrogens with one attached hydrogen (secondary N) is 2. The van der Waals surface area contributed by atoms with Gasteiger partial charge in [-0.05, 0) is 19.4 Å². The SMILES string of the molecule is CCOC(=O)C1=C(C)Nc2n(nc3[n+]2CCC(=O)N3)C1c1ccccc1. The van der Waals surface area contributed by atoms with Gasteiger partial charge in [-0.1, -0.05) is 30.3 Å². The summed E-state index contributed by atoms with van der Waals surface area (Å²) < 4.78 is 8.95. The van der Waals surface area contributed by atoms with E-state index in [9.17, 15) is 9.59 Å². The molecule has 1 atom stereocenters. The number of hydrogen-bond donors (Lipinski definition) is 2. The average molecular weight is 354 g/mol. The monoisotopic (exact) mass is 354 g/mol. The summed E-state index contributed by atoms with van der Waals surface area (Å²) in [6.07, 6.45) is 0.390. The normalized spacial score (nSPS) is 18.5. The first kappa shape index (κ1) is 16.3. The first-order valence-corrected chi connectivity index (χ1v) is 8.62. The van der Waals surface area contributed by atoms with Gasteiger partial charge in [0.15, 0.2) is 6.04 Å². The third-order valence-electron chi connectivity index (χ3n) is 4.58. The molecule has 2 aliphatic rings. The highest BCUT2D eigenvalue weighted by atomic mass is 16.5. The third kappa shape index (κ3) is 2.54. The third-order valence-corrected chi connectivity index (χ3v) is 4.58. The Morgan fingerprint density at radius 3 is 2.85 bits per heavy atom. The van der Waals surface area contributed by atoms with Crippen molar-refractivity contribution in [2.45, 2.75) is 32.9 Å². The molecule has 0 saturated carbocycles. The molecule has 26 heavy (non-hydrogen) atoms. The molecule has 0 aliphatic carbocycles. The lowest BCUT2D eigenvalue weighted by molar-refractivity contribution is -0.670. The first-order valence-electron chi connectivity index (χ1n) is 8.62. The Labute approximate surface area is 150 Å². The van der Waals surface area contributed by atoms with Crippen molar-refractivity contribution in [3.63, 3.8) is 0 Å². The highest BCUT2D eigenvalue weighted by Crippen LogP contribution is 2.35. The molecule has 0 saturated heterocycles. The van der Waals surface area contributed by atoms with E-state index in [2.05, 4.69) is 15.7 Å². The van der Waals surface area contributed by atoms with Gasteiger partial charge in [-0.2, -0.15) is 0 Å². The smallest absolute Gasteiger partial charge is 0.356 e. The summed E-state index contributed by atoms with van der Waals surface area (Å²) in [7, 11) is 0. The van der Waals surface area contributed by atoms with Gasteiger partial charge in [0.25, 0.3) is 5.91 Å². The zero-order valence-electron chi connectivity index (χ0n) is 14.7. The predicted molar refractivity (Wildman–Crippen MR) is 93.2 cm³/mol. The molecule has 3 heterocycles. The molecule has 0 bridgehead atoms. The molecule has 8 nitrogen and oxygen atoms in total. The van der Waals surface area contributed by atoms with Crippen LogP contribution >= 0.6 is 0 Å². The summed E-state index contributed by atoms with van der Waals surface area (Å²) in [5, 5.41) is 10.6. The number of amides is 1. The number of carbonyl (C=O) groups is 2. The first-order chi connectivity index (χ1) is 12.6. The number of carbonyl (C=O) groups excluding carboxylic acids is 2. The Kier molecular flexibility index (Phi) is 3.95. The highest BCUT2D eigenvalue weighted by molar-refractivity contribution is 5.92. The largest absolute Gasteiger partial charge is 0.462 e. The zero-order valence-corrected chi connectivity index (χ0v) is 14.7. The van der Waals surface area contributed by atoms with Crippen molar-refractivity contribution in [1.29, 1.82) is 0 Å². The number of ether oxygens (including phenoxy) is 1. The Bertz CT molecular complexity index is 916. The summed E-state index contributed by atoms with van der Waals surface area (Å²) in [5.74, 6) is 0.772. The summed E-state index contributed by atoms with van der Waals surface area (Å²) in [6.45, 7) is 4.47. The van der Waals surface area contributed by atoms with Crippen LogP contribution in [0.25, 0.3) is 0 Å². The fourth-order valence-electron chi connectivity index (χ4n) is 3.42. The average Bonchev–Trinajstić information content (AvgIpc) is 2.98. The van der Waals surface area contributed by atoms with Gasteiger partial charge in [-0.3, -0.25) is 10.1 Å². The van der Waals surface area contributed by atoms with E-state index in [0.717, 1.165) is 17.2 Å². The van der Waals surface area contributed by atoms with E-state index < -0.39 is 6.04 Å². The summed E-state index contributed by atoms with van der Waals surface area (Å²) >= 11 is 0. The molecule has 1 aromatic carbocycles. The predicted octanol–water partition coefficient (Wildman–Crippen LogP) is 1.36. The van der Waals surface area contributed by atoms with Crippen molar-refractivity contribution in [2.75, 3.05) is 17.2 Å². The van der Waals surface area contributed by atoms with E-state index in [1.807, 2.05) is 41.8 Å². The number of rotatable bonds is 3. The second kappa shape index (κ2) is 6.29. The van der Waals surface area contributed by atoms with Gasteiger partial charge in [0.05, 0.1) is 25.3 Å². The molecule has 2 aliphatic heterocycles. The Hall–Kier alpha value is -3.16. The fourth-order valence-corrected chi connectivity index (χ4v) is 3.42. The summed E-state index contributed by atoms with van der Waals surface area (Å²) in [5.41, 5.74) is 2.15. The van der Waals surface area contributed by atoms with Gasteiger partial charge in [-0.15, -0.1) is 4.68 Å². The Balaban J connectivity index is 1.89. The summed E-state index contributed by atoms with van der Waals surface area (Å²) in [4.78, 5) is 24.4. The molecular formula is C18H20N5O3+. The number of allylic oxidation sites excluding steroid dienone is 1. The van der Waals surface area contributed by atoms with Gasteiger partial charge in [0, 0.05) is 5.10 Å². The van der Waals surface area contributed by atoms with Crippen LogP contribution in [0, 0.1) is 0 Å². The molecule has 2 aromatic rings. The van der Waals surface area contributed by atoms with E-state index in [0.29, 0.717) is 31.1 Å². The number of nitrogens with zero attached hydrogens (tertiary/aromatic N) is 3. The van der Waals surface area contributed by atoms with E-state index in [-0.39, 0.29) is 11.9 Å². The van der Waals surface area contributed by atoms with Gasteiger partial charge in [-0.25, -0.2) is 14.7 Å². The van der Waals surface area contributed by atoms with Crippen LogP contribution in [-0.2, 0) is 20.9 Å². The molecule has 0 spiro atoms. The van der Waals surface area contributed by atoms with Gasteiger partial charge in [0.2, 0.25) is 0 Å². The molecule has 1 aromatic heterocycles. The van der Waals surface area contributed by atoms with Crippen molar-refractivity contribution in [3.8, 4) is 0 Å². The van der Waals surface area contributed by atoms with Crippen molar-refractivity contribution in [2.24, 2.45) is 0 Å². The zero-order chi connectivity index (χ0) is 18.3. The van der Waals surface area contributed by atoms with Crippen LogP contribution in [0.3, 0.4) is 0 Å². The number of fused-ring (bicyclic) bond motifs is 3. The lowest BCUT2D eigenvalue weighted by atomic mass is 9.96. The second-order valence-electron chi connectivity index (χ2n) is 6.24. The van der Waals surface area contributed by atoms with Crippen molar-refractivity contribution in [1.82, 2.24) is 9.78 Å². The quantitative estimate of drug-likeness (QED) is 0.642. The molecule has 4 rings (SSSR count). The fraction of sp³-hybridized carbons (Fsp3) is 0.333. The maximum Gasteiger partial charge on any atom is 0.356 e. The standard InChI is InChI=1S/C18H19N5O3/c1-3-26-16(25)14-11(2)19-18-22-10-9-13(24)20-17(22)21-23(18)15(14)12-7-5-4-6-8-12/h4-8,15H,3,9-10H2,1-2H3,(H,20,21,24)/p+1. The molecule has 134 valence electrons. The maximum absolute atomic E-state index is 12.7. The van der Waals surface area contributed by atoms with E-state index in [1.165, 1.54) is 0 Å². The number of esters is 1. The number of hydrogen-bond acceptors (Lipinski definition) is 5. The minimum absolute atomic E-state index is 0.0630. The molecule has 0 fully saturated rings. The van der Waals surface area contributed by atoms with Crippen LogP contribution in [0.15, 0.2) is 41.6 Å². The van der Waals surface area contributed by atoms with Crippen LogP contribution in [-0.4, -0.2) is 28.3 Å².